The number of ether oxygens (including phenoxy) is 1. The first-order chi connectivity index (χ1) is 7.97. The monoisotopic (exact) mass is 305 g/mol. The van der Waals surface area contributed by atoms with Crippen molar-refractivity contribution in [3.8, 4) is 0 Å². The van der Waals surface area contributed by atoms with Crippen LogP contribution in [0, 0.1) is 5.82 Å². The van der Waals surface area contributed by atoms with E-state index in [1.165, 1.54) is 12.1 Å². The second-order valence-electron chi connectivity index (χ2n) is 3.59. The van der Waals surface area contributed by atoms with Crippen LogP contribution in [0.3, 0.4) is 0 Å². The van der Waals surface area contributed by atoms with Gasteiger partial charge in [0.1, 0.15) is 0 Å². The summed E-state index contributed by atoms with van der Waals surface area (Å²) in [4.78, 5) is 10.8. The van der Waals surface area contributed by atoms with E-state index in [1.54, 1.807) is 7.11 Å². The van der Waals surface area contributed by atoms with Gasteiger partial charge >= 0.3 is 5.97 Å². The van der Waals surface area contributed by atoms with Gasteiger partial charge in [-0.1, -0.05) is 0 Å². The molecule has 0 amide bonds. The molecule has 0 saturated carbocycles. The van der Waals surface area contributed by atoms with Crippen molar-refractivity contribution in [2.45, 2.75) is 13.0 Å². The lowest BCUT2D eigenvalue weighted by Gasteiger charge is -2.15. The fourth-order valence-electron chi connectivity index (χ4n) is 1.38. The molecular formula is C11H13BrFNO3. The molecule has 0 aliphatic carbocycles. The Bertz CT molecular complexity index is 425. The molecule has 0 bridgehead atoms. The van der Waals surface area contributed by atoms with Crippen molar-refractivity contribution in [2.75, 3.05) is 19.0 Å². The minimum absolute atomic E-state index is 0.0559. The summed E-state index contributed by atoms with van der Waals surface area (Å²) in [5, 5.41) is 11.7. The van der Waals surface area contributed by atoms with E-state index >= 15 is 0 Å². The highest BCUT2D eigenvalue weighted by atomic mass is 79.9. The van der Waals surface area contributed by atoms with Crippen LogP contribution in [0.2, 0.25) is 0 Å². The number of benzene rings is 1. The molecule has 1 atom stereocenters. The molecule has 1 aromatic rings. The Morgan fingerprint density at radius 2 is 2.29 bits per heavy atom. The highest BCUT2D eigenvalue weighted by Gasteiger charge is 2.16. The van der Waals surface area contributed by atoms with Gasteiger partial charge in [-0.3, -0.25) is 0 Å². The lowest BCUT2D eigenvalue weighted by Crippen LogP contribution is -2.21. The molecule has 0 heterocycles. The molecule has 1 rings (SSSR count). The van der Waals surface area contributed by atoms with E-state index in [2.05, 4.69) is 21.2 Å². The van der Waals surface area contributed by atoms with Crippen molar-refractivity contribution in [1.82, 2.24) is 0 Å². The molecular weight excluding hydrogens is 293 g/mol. The molecule has 6 heteroatoms. The summed E-state index contributed by atoms with van der Waals surface area (Å²) < 4.78 is 18.7. The van der Waals surface area contributed by atoms with E-state index in [1.807, 2.05) is 6.92 Å². The number of nitrogens with one attached hydrogen (secondary N) is 1. The molecule has 2 N–H and O–H groups in total. The first-order valence-corrected chi connectivity index (χ1v) is 5.73. The number of carbonyl (C=O) groups is 1. The van der Waals surface area contributed by atoms with Crippen molar-refractivity contribution in [2.24, 2.45) is 0 Å². The molecule has 1 unspecified atom stereocenters. The lowest BCUT2D eigenvalue weighted by atomic mass is 10.2. The number of carboxylic acid groups (broad SMARTS) is 1. The van der Waals surface area contributed by atoms with Crippen LogP contribution >= 0.6 is 15.9 Å². The Kier molecular flexibility index (Phi) is 4.89. The summed E-state index contributed by atoms with van der Waals surface area (Å²) in [6, 6.07) is 2.67. The van der Waals surface area contributed by atoms with Gasteiger partial charge < -0.3 is 15.2 Å². The van der Waals surface area contributed by atoms with Gasteiger partial charge in [-0.05, 0) is 35.0 Å². The van der Waals surface area contributed by atoms with Crippen LogP contribution in [0.5, 0.6) is 0 Å². The topological polar surface area (TPSA) is 58.6 Å². The lowest BCUT2D eigenvalue weighted by molar-refractivity contribution is 0.0695. The van der Waals surface area contributed by atoms with Crippen LogP contribution in [0.1, 0.15) is 17.3 Å². The van der Waals surface area contributed by atoms with Gasteiger partial charge in [0.05, 0.1) is 22.3 Å². The second-order valence-corrected chi connectivity index (χ2v) is 4.39. The molecule has 0 aliphatic rings. The van der Waals surface area contributed by atoms with Gasteiger partial charge in [-0.15, -0.1) is 0 Å². The zero-order valence-electron chi connectivity index (χ0n) is 9.46. The van der Waals surface area contributed by atoms with Crippen LogP contribution in [0.15, 0.2) is 16.6 Å². The van der Waals surface area contributed by atoms with E-state index < -0.39 is 11.8 Å². The predicted octanol–water partition coefficient (Wildman–Crippen LogP) is 2.73. The zero-order chi connectivity index (χ0) is 13.0. The summed E-state index contributed by atoms with van der Waals surface area (Å²) >= 11 is 2.93. The molecule has 0 aliphatic heterocycles. The number of anilines is 1. The van der Waals surface area contributed by atoms with E-state index in [0.717, 1.165) is 0 Å². The van der Waals surface area contributed by atoms with Gasteiger partial charge in [-0.2, -0.15) is 0 Å². The maximum absolute atomic E-state index is 13.8. The van der Waals surface area contributed by atoms with Gasteiger partial charge in [0.25, 0.3) is 0 Å². The van der Waals surface area contributed by atoms with Crippen LogP contribution in [0.4, 0.5) is 10.1 Å². The van der Waals surface area contributed by atoms with Crippen molar-refractivity contribution in [3.63, 3.8) is 0 Å². The molecule has 4 nitrogen and oxygen atoms in total. The maximum atomic E-state index is 13.8. The summed E-state index contributed by atoms with van der Waals surface area (Å²) in [6.45, 7) is 2.26. The Labute approximate surface area is 107 Å². The first-order valence-electron chi connectivity index (χ1n) is 4.94. The smallest absolute Gasteiger partial charge is 0.336 e. The van der Waals surface area contributed by atoms with Crippen molar-refractivity contribution >= 4 is 27.6 Å². The third kappa shape index (κ3) is 3.41. The number of carboxylic acids is 1. The molecule has 0 fully saturated rings. The number of rotatable bonds is 5. The number of methoxy groups -OCH3 is 1. The average molecular weight is 306 g/mol. The number of hydrogen-bond acceptors (Lipinski definition) is 3. The Morgan fingerprint density at radius 3 is 2.82 bits per heavy atom. The first kappa shape index (κ1) is 13.9. The molecule has 0 aromatic heterocycles. The minimum atomic E-state index is -1.17. The normalized spacial score (nSPS) is 12.2. The maximum Gasteiger partial charge on any atom is 0.336 e. The fraction of sp³-hybridized carbons (Fsp3) is 0.364. The third-order valence-corrected chi connectivity index (χ3v) is 2.91. The Hall–Kier alpha value is -1.14. The largest absolute Gasteiger partial charge is 0.478 e. The van der Waals surface area contributed by atoms with Crippen LogP contribution in [0.25, 0.3) is 0 Å². The quantitative estimate of drug-likeness (QED) is 0.878. The number of halogens is 2. The van der Waals surface area contributed by atoms with Crippen LogP contribution < -0.4 is 5.32 Å². The van der Waals surface area contributed by atoms with Gasteiger partial charge in [0.15, 0.2) is 5.82 Å². The van der Waals surface area contributed by atoms with Gasteiger partial charge in [0, 0.05) is 13.2 Å². The molecule has 0 spiro atoms. The van der Waals surface area contributed by atoms with Crippen molar-refractivity contribution in [1.29, 1.82) is 0 Å². The minimum Gasteiger partial charge on any atom is -0.478 e. The van der Waals surface area contributed by atoms with Gasteiger partial charge in [-0.25, -0.2) is 9.18 Å². The summed E-state index contributed by atoms with van der Waals surface area (Å²) in [6.07, 6.45) is 0. The van der Waals surface area contributed by atoms with E-state index in [0.29, 0.717) is 6.61 Å². The molecule has 1 aromatic carbocycles. The molecule has 0 radical (unpaired) electrons. The van der Waals surface area contributed by atoms with Crippen molar-refractivity contribution in [3.05, 3.63) is 28.0 Å². The molecule has 17 heavy (non-hydrogen) atoms. The standard InChI is InChI=1S/C11H13BrFNO3/c1-6(5-17-2)14-8-4-3-7(11(15)16)9(12)10(8)13/h3-4,6,14H,5H2,1-2H3,(H,15,16). The SMILES string of the molecule is COCC(C)Nc1ccc(C(=O)O)c(Br)c1F. The Morgan fingerprint density at radius 1 is 1.65 bits per heavy atom. The molecule has 0 saturated heterocycles. The highest BCUT2D eigenvalue weighted by molar-refractivity contribution is 9.10. The van der Waals surface area contributed by atoms with Crippen LogP contribution in [-0.4, -0.2) is 30.8 Å². The van der Waals surface area contributed by atoms with E-state index in [-0.39, 0.29) is 21.8 Å². The fourth-order valence-corrected chi connectivity index (χ4v) is 1.90. The Balaban J connectivity index is 2.96. The summed E-state index contributed by atoms with van der Waals surface area (Å²) in [7, 11) is 1.55. The number of aromatic carboxylic acids is 1. The van der Waals surface area contributed by atoms with E-state index in [4.69, 9.17) is 9.84 Å². The second kappa shape index (κ2) is 5.97. The van der Waals surface area contributed by atoms with Crippen LogP contribution in [-0.2, 0) is 4.74 Å². The number of hydrogen-bond donors (Lipinski definition) is 2. The predicted molar refractivity (Wildman–Crippen MR) is 66.0 cm³/mol. The zero-order valence-corrected chi connectivity index (χ0v) is 11.0. The summed E-state index contributed by atoms with van der Waals surface area (Å²) in [5.41, 5.74) is 0.138. The third-order valence-electron chi connectivity index (χ3n) is 2.13. The highest BCUT2D eigenvalue weighted by Crippen LogP contribution is 2.27. The molecule has 94 valence electrons. The summed E-state index contributed by atoms with van der Waals surface area (Å²) in [5.74, 6) is -1.79. The van der Waals surface area contributed by atoms with Crippen molar-refractivity contribution < 1.29 is 19.0 Å². The van der Waals surface area contributed by atoms with E-state index in [9.17, 15) is 9.18 Å². The average Bonchev–Trinajstić information content (AvgIpc) is 2.25. The van der Waals surface area contributed by atoms with Gasteiger partial charge in [0.2, 0.25) is 0 Å².